The van der Waals surface area contributed by atoms with Gasteiger partial charge in [0.2, 0.25) is 0 Å². The second kappa shape index (κ2) is 8.16. The van der Waals surface area contributed by atoms with Crippen LogP contribution in [0.5, 0.6) is 5.75 Å². The smallest absolute Gasteiger partial charge is 0.316 e. The monoisotopic (exact) mass is 401 g/mol. The number of aromatic nitrogens is 1. The van der Waals surface area contributed by atoms with Crippen molar-refractivity contribution in [1.82, 2.24) is 4.98 Å². The van der Waals surface area contributed by atoms with Crippen LogP contribution >= 0.6 is 0 Å². The maximum absolute atomic E-state index is 14.5. The van der Waals surface area contributed by atoms with Gasteiger partial charge in [0.1, 0.15) is 11.6 Å². The molecule has 0 spiro atoms. The van der Waals surface area contributed by atoms with E-state index < -0.39 is 13.5 Å². The Morgan fingerprint density at radius 2 is 1.71 bits per heavy atom. The molecule has 0 aliphatic carbocycles. The average Bonchev–Trinajstić information content (AvgIpc) is 2.59. The summed E-state index contributed by atoms with van der Waals surface area (Å²) < 4.78 is 20.3. The van der Waals surface area contributed by atoms with Crippen LogP contribution in [0, 0.1) is 18.2 Å². The molecule has 0 radical (unpaired) electrons. The van der Waals surface area contributed by atoms with Crippen molar-refractivity contribution >= 4 is 24.5 Å². The molecule has 0 bridgehead atoms. The fraction of sp³-hybridized carbons (Fsp3) is 0.478. The number of benzene rings is 1. The van der Waals surface area contributed by atoms with E-state index in [1.807, 2.05) is 18.2 Å². The van der Waals surface area contributed by atoms with Gasteiger partial charge in [-0.2, -0.15) is 0 Å². The zero-order valence-electron chi connectivity index (χ0n) is 18.3. The summed E-state index contributed by atoms with van der Waals surface area (Å²) in [7, 11) is -2.48. The van der Waals surface area contributed by atoms with Gasteiger partial charge in [0.25, 0.3) is 0 Å². The van der Waals surface area contributed by atoms with Crippen molar-refractivity contribution in [1.29, 1.82) is 0 Å². The zero-order chi connectivity index (χ0) is 21.3. The number of carbonyl (C=O) groups excluding carboxylic acids is 1. The van der Waals surface area contributed by atoms with Gasteiger partial charge in [-0.1, -0.05) is 39.8 Å². The highest BCUT2D eigenvalue weighted by atomic mass is 28.3. The Balaban J connectivity index is 2.83. The van der Waals surface area contributed by atoms with Crippen LogP contribution in [0.3, 0.4) is 0 Å². The molecule has 0 atom stereocenters. The number of esters is 1. The normalized spacial score (nSPS) is 12.5. The number of aryl methyl sites for hydroxylation is 1. The number of hydrogen-bond donors (Lipinski definition) is 0. The summed E-state index contributed by atoms with van der Waals surface area (Å²) in [5, 5.41) is 1.96. The molecule has 0 saturated carbocycles. The highest BCUT2D eigenvalue weighted by molar-refractivity contribution is 7.04. The first-order chi connectivity index (χ1) is 12.9. The summed E-state index contributed by atoms with van der Waals surface area (Å²) >= 11 is 0. The average molecular weight is 402 g/mol. The minimum atomic E-state index is -2.48. The number of pyridine rings is 1. The first kappa shape index (κ1) is 22.3. The van der Waals surface area contributed by atoms with Crippen LogP contribution in [-0.2, 0) is 4.79 Å². The molecule has 0 unspecified atom stereocenters. The Kier molecular flexibility index (Phi) is 6.49. The third-order valence-electron chi connectivity index (χ3n) is 5.43. The standard InChI is InChI=1S/C23H32FNO2Si/c1-15(2)28(16(3)4,21-11-9-10-12-25-21)20-13-17(5)18(24)14-19(20)27-22(26)23(6,7)8/h9-16H,1-8H3. The van der Waals surface area contributed by atoms with Crippen molar-refractivity contribution in [2.75, 3.05) is 0 Å². The van der Waals surface area contributed by atoms with Gasteiger partial charge in [0, 0.05) is 17.6 Å². The Hall–Kier alpha value is -2.01. The van der Waals surface area contributed by atoms with Crippen LogP contribution in [0.4, 0.5) is 4.39 Å². The molecule has 0 N–H and O–H groups in total. The molecule has 152 valence electrons. The van der Waals surface area contributed by atoms with Crippen molar-refractivity contribution in [3.63, 3.8) is 0 Å². The lowest BCUT2D eigenvalue weighted by Gasteiger charge is -2.40. The van der Waals surface area contributed by atoms with Gasteiger partial charge in [-0.25, -0.2) is 4.39 Å². The molecule has 2 aromatic rings. The van der Waals surface area contributed by atoms with Crippen molar-refractivity contribution < 1.29 is 13.9 Å². The summed E-state index contributed by atoms with van der Waals surface area (Å²) in [6.45, 7) is 15.9. The molecule has 0 saturated heterocycles. The molecular weight excluding hydrogens is 369 g/mol. The number of rotatable bonds is 5. The molecule has 1 aromatic heterocycles. The number of nitrogens with zero attached hydrogens (tertiary/aromatic N) is 1. The second-order valence-electron chi connectivity index (χ2n) is 9.13. The molecule has 1 aromatic carbocycles. The van der Waals surface area contributed by atoms with Crippen LogP contribution in [0.25, 0.3) is 0 Å². The van der Waals surface area contributed by atoms with E-state index in [1.54, 1.807) is 33.9 Å². The molecule has 5 heteroatoms. The topological polar surface area (TPSA) is 39.2 Å². The molecular formula is C23H32FNO2Si. The lowest BCUT2D eigenvalue weighted by molar-refractivity contribution is -0.142. The summed E-state index contributed by atoms with van der Waals surface area (Å²) in [6, 6.07) is 9.21. The molecule has 0 amide bonds. The first-order valence-electron chi connectivity index (χ1n) is 9.86. The lowest BCUT2D eigenvalue weighted by Crippen LogP contribution is -2.64. The molecule has 2 rings (SSSR count). The SMILES string of the molecule is Cc1cc([Si](c2ccccn2)(C(C)C)C(C)C)c(OC(=O)C(C)(C)C)cc1F. The fourth-order valence-corrected chi connectivity index (χ4v) is 9.63. The van der Waals surface area contributed by atoms with Gasteiger partial charge in [0.15, 0.2) is 8.07 Å². The minimum absolute atomic E-state index is 0.277. The second-order valence-corrected chi connectivity index (χ2v) is 14.2. The molecule has 3 nitrogen and oxygen atoms in total. The van der Waals surface area contributed by atoms with Crippen LogP contribution in [0.2, 0.25) is 11.1 Å². The summed E-state index contributed by atoms with van der Waals surface area (Å²) in [5.41, 5.74) is 0.433. The third-order valence-corrected chi connectivity index (χ3v) is 11.5. The van der Waals surface area contributed by atoms with Crippen molar-refractivity contribution in [2.24, 2.45) is 5.41 Å². The van der Waals surface area contributed by atoms with Gasteiger partial charge >= 0.3 is 5.97 Å². The van der Waals surface area contributed by atoms with E-state index in [0.29, 0.717) is 11.3 Å². The largest absolute Gasteiger partial charge is 0.426 e. The van der Waals surface area contributed by atoms with Gasteiger partial charge in [-0.05, 0) is 61.7 Å². The maximum atomic E-state index is 14.5. The van der Waals surface area contributed by atoms with E-state index in [4.69, 9.17) is 9.72 Å². The maximum Gasteiger partial charge on any atom is 0.316 e. The van der Waals surface area contributed by atoms with E-state index >= 15 is 0 Å². The Morgan fingerprint density at radius 1 is 1.11 bits per heavy atom. The molecule has 0 aliphatic rings. The van der Waals surface area contributed by atoms with Crippen LogP contribution in [-0.4, -0.2) is 19.0 Å². The quantitative estimate of drug-likeness (QED) is 0.408. The van der Waals surface area contributed by atoms with Crippen molar-refractivity contribution in [2.45, 2.75) is 66.5 Å². The molecule has 1 heterocycles. The Morgan fingerprint density at radius 3 is 2.18 bits per heavy atom. The fourth-order valence-electron chi connectivity index (χ4n) is 3.95. The van der Waals surface area contributed by atoms with Crippen LogP contribution in [0.1, 0.15) is 54.0 Å². The van der Waals surface area contributed by atoms with Crippen LogP contribution in [0.15, 0.2) is 36.5 Å². The van der Waals surface area contributed by atoms with E-state index in [1.165, 1.54) is 6.07 Å². The lowest BCUT2D eigenvalue weighted by atomic mass is 9.97. The Labute approximate surface area is 169 Å². The zero-order valence-corrected chi connectivity index (χ0v) is 19.3. The highest BCUT2D eigenvalue weighted by Gasteiger charge is 2.47. The third kappa shape index (κ3) is 4.04. The molecule has 0 aliphatic heterocycles. The van der Waals surface area contributed by atoms with Gasteiger partial charge in [-0.15, -0.1) is 0 Å². The van der Waals surface area contributed by atoms with Gasteiger partial charge in [-0.3, -0.25) is 9.78 Å². The summed E-state index contributed by atoms with van der Waals surface area (Å²) in [5.74, 6) is -0.395. The predicted molar refractivity (Wildman–Crippen MR) is 116 cm³/mol. The van der Waals surface area contributed by atoms with E-state index in [0.717, 1.165) is 10.5 Å². The van der Waals surface area contributed by atoms with E-state index in [9.17, 15) is 9.18 Å². The van der Waals surface area contributed by atoms with Gasteiger partial charge in [0.05, 0.1) is 5.41 Å². The van der Waals surface area contributed by atoms with Gasteiger partial charge < -0.3 is 4.74 Å². The summed E-state index contributed by atoms with van der Waals surface area (Å²) in [4.78, 5) is 17.4. The van der Waals surface area contributed by atoms with Crippen molar-refractivity contribution in [3.8, 4) is 5.75 Å². The van der Waals surface area contributed by atoms with Crippen LogP contribution < -0.4 is 15.2 Å². The number of carbonyl (C=O) groups is 1. The van der Waals surface area contributed by atoms with Crippen molar-refractivity contribution in [3.05, 3.63) is 47.9 Å². The Bertz CT molecular complexity index is 834. The minimum Gasteiger partial charge on any atom is -0.426 e. The number of ether oxygens (including phenoxy) is 1. The highest BCUT2D eigenvalue weighted by Crippen LogP contribution is 2.35. The van der Waals surface area contributed by atoms with E-state index in [2.05, 4.69) is 33.8 Å². The predicted octanol–water partition coefficient (Wildman–Crippen LogP) is 4.86. The summed E-state index contributed by atoms with van der Waals surface area (Å²) in [6.07, 6.45) is 1.80. The molecule has 0 fully saturated rings. The molecule has 28 heavy (non-hydrogen) atoms. The first-order valence-corrected chi connectivity index (χ1v) is 12.0. The number of hydrogen-bond acceptors (Lipinski definition) is 3. The number of halogens is 1. The van der Waals surface area contributed by atoms with E-state index in [-0.39, 0.29) is 22.9 Å².